The van der Waals surface area contributed by atoms with Gasteiger partial charge in [0.25, 0.3) is 0 Å². The Bertz CT molecular complexity index is 380. The van der Waals surface area contributed by atoms with E-state index < -0.39 is 5.92 Å². The van der Waals surface area contributed by atoms with E-state index >= 15 is 0 Å². The Morgan fingerprint density at radius 1 is 1.08 bits per heavy atom. The van der Waals surface area contributed by atoms with Gasteiger partial charge in [-0.25, -0.2) is 0 Å². The van der Waals surface area contributed by atoms with E-state index in [2.05, 4.69) is 0 Å². The zero-order valence-electron chi connectivity index (χ0n) is 7.70. The molecule has 0 bridgehead atoms. The Morgan fingerprint density at radius 2 is 1.69 bits per heavy atom. The summed E-state index contributed by atoms with van der Waals surface area (Å²) in [5.41, 5.74) is 3.08. The van der Waals surface area contributed by atoms with E-state index in [9.17, 15) is 0 Å². The van der Waals surface area contributed by atoms with Crippen LogP contribution in [-0.4, -0.2) is 0 Å². The molecule has 2 heteroatoms. The summed E-state index contributed by atoms with van der Waals surface area (Å²) in [5.74, 6) is -0.640. The minimum absolute atomic E-state index is 0.640. The van der Waals surface area contributed by atoms with Gasteiger partial charge in [-0.3, -0.25) is 0 Å². The summed E-state index contributed by atoms with van der Waals surface area (Å²) in [6, 6.07) is 9.57. The van der Waals surface area contributed by atoms with Crippen molar-refractivity contribution in [2.75, 3.05) is 0 Å². The summed E-state index contributed by atoms with van der Waals surface area (Å²) in [6.45, 7) is 3.98. The molecular weight excluding hydrogens is 160 g/mol. The highest BCUT2D eigenvalue weighted by Gasteiger charge is 2.08. The van der Waals surface area contributed by atoms with Crippen molar-refractivity contribution in [2.24, 2.45) is 0 Å². The van der Waals surface area contributed by atoms with Gasteiger partial charge in [0.05, 0.1) is 12.1 Å². The fraction of sp³-hybridized carbons (Fsp3) is 0.273. The molecule has 0 spiro atoms. The molecule has 64 valence electrons. The minimum Gasteiger partial charge on any atom is -0.196 e. The van der Waals surface area contributed by atoms with Crippen LogP contribution in [0, 0.1) is 36.5 Å². The van der Waals surface area contributed by atoms with Crippen molar-refractivity contribution in [3.63, 3.8) is 0 Å². The molecule has 0 aliphatic heterocycles. The molecule has 0 aliphatic rings. The van der Waals surface area contributed by atoms with Gasteiger partial charge < -0.3 is 0 Å². The van der Waals surface area contributed by atoms with Crippen LogP contribution < -0.4 is 0 Å². The number of hydrogen-bond acceptors (Lipinski definition) is 2. The Labute approximate surface area is 78.0 Å². The van der Waals surface area contributed by atoms with Gasteiger partial charge in [0.2, 0.25) is 0 Å². The molecule has 1 aromatic carbocycles. The molecule has 0 saturated heterocycles. The predicted molar refractivity (Wildman–Crippen MR) is 49.9 cm³/mol. The second-order valence-electron chi connectivity index (χ2n) is 3.03. The van der Waals surface area contributed by atoms with Gasteiger partial charge >= 0.3 is 0 Å². The molecular formula is C11H10N2. The van der Waals surface area contributed by atoms with Crippen LogP contribution in [0.15, 0.2) is 18.2 Å². The normalized spacial score (nSPS) is 9.31. The molecule has 0 saturated carbocycles. The quantitative estimate of drug-likeness (QED) is 0.649. The third-order valence-corrected chi connectivity index (χ3v) is 2.12. The number of aryl methyl sites for hydroxylation is 2. The highest BCUT2D eigenvalue weighted by Crippen LogP contribution is 2.17. The first kappa shape index (κ1) is 9.29. The summed E-state index contributed by atoms with van der Waals surface area (Å²) >= 11 is 0. The maximum atomic E-state index is 8.67. The van der Waals surface area contributed by atoms with Crippen LogP contribution in [0.25, 0.3) is 0 Å². The Morgan fingerprint density at radius 3 is 2.15 bits per heavy atom. The van der Waals surface area contributed by atoms with E-state index in [-0.39, 0.29) is 0 Å². The van der Waals surface area contributed by atoms with Gasteiger partial charge in [-0.05, 0) is 30.5 Å². The zero-order chi connectivity index (χ0) is 9.84. The highest BCUT2D eigenvalue weighted by atomic mass is 14.3. The van der Waals surface area contributed by atoms with Crippen LogP contribution in [-0.2, 0) is 0 Å². The van der Waals surface area contributed by atoms with Crippen LogP contribution >= 0.6 is 0 Å². The van der Waals surface area contributed by atoms with Crippen molar-refractivity contribution in [1.29, 1.82) is 10.5 Å². The Kier molecular flexibility index (Phi) is 2.67. The lowest BCUT2D eigenvalue weighted by atomic mass is 9.98. The van der Waals surface area contributed by atoms with E-state index in [0.29, 0.717) is 0 Å². The maximum absolute atomic E-state index is 8.67. The standard InChI is InChI=1S/C11H10N2/c1-8-3-4-10(5-9(8)2)11(6-12)7-13/h3-5,11H,1-2H3. The van der Waals surface area contributed by atoms with E-state index in [1.165, 1.54) is 5.56 Å². The smallest absolute Gasteiger partial charge is 0.158 e. The number of nitriles is 2. The molecule has 0 heterocycles. The number of rotatable bonds is 1. The van der Waals surface area contributed by atoms with Gasteiger partial charge in [-0.2, -0.15) is 10.5 Å². The average Bonchev–Trinajstić information content (AvgIpc) is 2.13. The number of hydrogen-bond donors (Lipinski definition) is 0. The molecule has 0 amide bonds. The summed E-state index contributed by atoms with van der Waals surface area (Å²) < 4.78 is 0. The number of benzene rings is 1. The third-order valence-electron chi connectivity index (χ3n) is 2.12. The first-order valence-corrected chi connectivity index (χ1v) is 4.05. The Balaban J connectivity index is 3.13. The molecule has 0 N–H and O–H groups in total. The monoisotopic (exact) mass is 170 g/mol. The largest absolute Gasteiger partial charge is 0.196 e. The number of nitrogens with zero attached hydrogens (tertiary/aromatic N) is 2. The van der Waals surface area contributed by atoms with E-state index in [0.717, 1.165) is 11.1 Å². The highest BCUT2D eigenvalue weighted by molar-refractivity contribution is 5.37. The maximum Gasteiger partial charge on any atom is 0.158 e. The second kappa shape index (κ2) is 3.74. The van der Waals surface area contributed by atoms with E-state index in [1.807, 2.05) is 44.2 Å². The van der Waals surface area contributed by atoms with Crippen molar-refractivity contribution in [2.45, 2.75) is 19.8 Å². The van der Waals surface area contributed by atoms with Gasteiger partial charge in [-0.15, -0.1) is 0 Å². The molecule has 0 aromatic heterocycles. The van der Waals surface area contributed by atoms with E-state index in [1.54, 1.807) is 0 Å². The summed E-state index contributed by atoms with van der Waals surface area (Å²) in [4.78, 5) is 0. The second-order valence-corrected chi connectivity index (χ2v) is 3.03. The molecule has 0 unspecified atom stereocenters. The van der Waals surface area contributed by atoms with Crippen LogP contribution in [0.4, 0.5) is 0 Å². The molecule has 13 heavy (non-hydrogen) atoms. The van der Waals surface area contributed by atoms with E-state index in [4.69, 9.17) is 10.5 Å². The van der Waals surface area contributed by atoms with Crippen molar-refractivity contribution in [3.05, 3.63) is 34.9 Å². The first-order valence-electron chi connectivity index (χ1n) is 4.05. The molecule has 1 aromatic rings. The lowest BCUT2D eigenvalue weighted by Gasteiger charge is -2.04. The van der Waals surface area contributed by atoms with Crippen LogP contribution in [0.5, 0.6) is 0 Å². The fourth-order valence-corrected chi connectivity index (χ4v) is 1.12. The van der Waals surface area contributed by atoms with Gasteiger partial charge in [-0.1, -0.05) is 18.2 Å². The lowest BCUT2D eigenvalue weighted by molar-refractivity contribution is 1.09. The van der Waals surface area contributed by atoms with Crippen LogP contribution in [0.1, 0.15) is 22.6 Å². The molecule has 0 atom stereocenters. The molecule has 2 nitrogen and oxygen atoms in total. The van der Waals surface area contributed by atoms with Gasteiger partial charge in [0.15, 0.2) is 5.92 Å². The minimum atomic E-state index is -0.640. The summed E-state index contributed by atoms with van der Waals surface area (Å²) in [7, 11) is 0. The molecule has 1 rings (SSSR count). The summed E-state index contributed by atoms with van der Waals surface area (Å²) in [6.07, 6.45) is 0. The SMILES string of the molecule is Cc1ccc(C(C#N)C#N)cc1C. The zero-order valence-corrected chi connectivity index (χ0v) is 7.70. The van der Waals surface area contributed by atoms with Crippen LogP contribution in [0.3, 0.4) is 0 Å². The van der Waals surface area contributed by atoms with Gasteiger partial charge in [0.1, 0.15) is 0 Å². The topological polar surface area (TPSA) is 47.6 Å². The average molecular weight is 170 g/mol. The predicted octanol–water partition coefficient (Wildman–Crippen LogP) is 2.43. The van der Waals surface area contributed by atoms with Crippen molar-refractivity contribution < 1.29 is 0 Å². The lowest BCUT2D eigenvalue weighted by Crippen LogP contribution is -1.93. The van der Waals surface area contributed by atoms with Crippen molar-refractivity contribution >= 4 is 0 Å². The van der Waals surface area contributed by atoms with Crippen molar-refractivity contribution in [1.82, 2.24) is 0 Å². The summed E-state index contributed by atoms with van der Waals surface area (Å²) in [5, 5.41) is 17.3. The molecule has 0 radical (unpaired) electrons. The van der Waals surface area contributed by atoms with Crippen molar-refractivity contribution in [3.8, 4) is 12.1 Å². The van der Waals surface area contributed by atoms with Crippen LogP contribution in [0.2, 0.25) is 0 Å². The first-order chi connectivity index (χ1) is 6.19. The Hall–Kier alpha value is -1.80. The van der Waals surface area contributed by atoms with Gasteiger partial charge in [0, 0.05) is 0 Å². The molecule has 0 fully saturated rings. The third kappa shape index (κ3) is 1.86. The fourth-order valence-electron chi connectivity index (χ4n) is 1.12. The molecule has 0 aliphatic carbocycles.